The number of hydrogen-bond acceptors (Lipinski definition) is 2. The summed E-state index contributed by atoms with van der Waals surface area (Å²) < 4.78 is 0. The predicted octanol–water partition coefficient (Wildman–Crippen LogP) is 2.19. The molecule has 2 atom stereocenters. The van der Waals surface area contributed by atoms with Gasteiger partial charge in [0.2, 0.25) is 5.91 Å². The van der Waals surface area contributed by atoms with Crippen molar-refractivity contribution in [2.24, 2.45) is 17.6 Å². The van der Waals surface area contributed by atoms with Gasteiger partial charge < -0.3 is 16.0 Å². The van der Waals surface area contributed by atoms with E-state index in [0.29, 0.717) is 37.3 Å². The molecule has 134 valence electrons. The van der Waals surface area contributed by atoms with Crippen LogP contribution in [-0.4, -0.2) is 36.5 Å². The lowest BCUT2D eigenvalue weighted by atomic mass is 9.78. The number of nitrogens with zero attached hydrogens (tertiary/aromatic N) is 1. The average Bonchev–Trinajstić information content (AvgIpc) is 3.33. The van der Waals surface area contributed by atoms with Crippen LogP contribution in [0.5, 0.6) is 0 Å². The Labute approximate surface area is 148 Å². The number of benzene rings is 1. The molecule has 0 radical (unpaired) electrons. The minimum absolute atomic E-state index is 0.00839. The van der Waals surface area contributed by atoms with Crippen LogP contribution in [0.15, 0.2) is 24.3 Å². The van der Waals surface area contributed by atoms with Gasteiger partial charge in [-0.1, -0.05) is 24.3 Å². The Balaban J connectivity index is 1.31. The van der Waals surface area contributed by atoms with Crippen LogP contribution in [-0.2, 0) is 16.6 Å². The first-order valence-corrected chi connectivity index (χ1v) is 9.50. The van der Waals surface area contributed by atoms with Crippen LogP contribution in [0, 0.1) is 11.8 Å². The van der Waals surface area contributed by atoms with Gasteiger partial charge >= 0.3 is 6.03 Å². The second-order valence-corrected chi connectivity index (χ2v) is 7.92. The highest BCUT2D eigenvalue weighted by Gasteiger charge is 2.56. The van der Waals surface area contributed by atoms with Crippen LogP contribution < -0.4 is 11.1 Å². The Bertz CT molecular complexity index is 681. The minimum atomic E-state index is -0.240. The lowest BCUT2D eigenvalue weighted by molar-refractivity contribution is -0.123. The van der Waals surface area contributed by atoms with Crippen molar-refractivity contribution >= 4 is 11.9 Å². The first-order chi connectivity index (χ1) is 12.1. The number of urea groups is 1. The molecule has 0 bridgehead atoms. The molecule has 0 aromatic heterocycles. The van der Waals surface area contributed by atoms with Crippen molar-refractivity contribution < 1.29 is 9.59 Å². The van der Waals surface area contributed by atoms with Gasteiger partial charge in [-0.15, -0.1) is 0 Å². The molecule has 1 aromatic carbocycles. The van der Waals surface area contributed by atoms with Gasteiger partial charge in [0.1, 0.15) is 0 Å². The molecule has 5 heteroatoms. The number of piperidine rings is 1. The van der Waals surface area contributed by atoms with Gasteiger partial charge in [0.25, 0.3) is 0 Å². The number of likely N-dealkylation sites (tertiary alicyclic amines) is 1. The van der Waals surface area contributed by atoms with Crippen molar-refractivity contribution in [1.82, 2.24) is 10.2 Å². The lowest BCUT2D eigenvalue weighted by Gasteiger charge is -2.31. The minimum Gasteiger partial charge on any atom is -0.369 e. The van der Waals surface area contributed by atoms with Crippen LogP contribution in [0.1, 0.15) is 43.2 Å². The Hall–Kier alpha value is -2.04. The molecule has 3 N–H and O–H groups in total. The number of rotatable bonds is 3. The molecule has 2 unspecified atom stereocenters. The normalized spacial score (nSPS) is 28.5. The molecule has 1 aliphatic heterocycles. The summed E-state index contributed by atoms with van der Waals surface area (Å²) in [5.74, 6) is 0.242. The van der Waals surface area contributed by atoms with Crippen molar-refractivity contribution in [3.63, 3.8) is 0 Å². The van der Waals surface area contributed by atoms with E-state index >= 15 is 0 Å². The number of nitrogens with one attached hydrogen (secondary N) is 1. The van der Waals surface area contributed by atoms with Gasteiger partial charge in [-0.2, -0.15) is 0 Å². The van der Waals surface area contributed by atoms with Gasteiger partial charge in [0.15, 0.2) is 0 Å². The number of primary amides is 1. The molecule has 1 spiro atoms. The zero-order chi connectivity index (χ0) is 17.4. The number of aryl methyl sites for hydroxylation is 1. The molecule has 2 fully saturated rings. The SMILES string of the molecule is NC(=O)C1CCN(C(=O)NCC2CC23CCCc2ccccc23)CC1. The highest BCUT2D eigenvalue weighted by Crippen LogP contribution is 2.59. The number of fused-ring (bicyclic) bond motifs is 2. The summed E-state index contributed by atoms with van der Waals surface area (Å²) in [6.45, 7) is 2.00. The Morgan fingerprint density at radius 3 is 2.76 bits per heavy atom. The summed E-state index contributed by atoms with van der Waals surface area (Å²) in [4.78, 5) is 25.5. The summed E-state index contributed by atoms with van der Waals surface area (Å²) in [6, 6.07) is 8.82. The molecular weight excluding hydrogens is 314 g/mol. The largest absolute Gasteiger partial charge is 0.369 e. The van der Waals surface area contributed by atoms with Crippen molar-refractivity contribution in [2.75, 3.05) is 19.6 Å². The molecule has 1 saturated heterocycles. The third-order valence-electron chi connectivity index (χ3n) is 6.54. The van der Waals surface area contributed by atoms with E-state index in [0.717, 1.165) is 6.54 Å². The van der Waals surface area contributed by atoms with Crippen LogP contribution in [0.4, 0.5) is 4.79 Å². The fourth-order valence-corrected chi connectivity index (χ4v) is 4.93. The van der Waals surface area contributed by atoms with Crippen molar-refractivity contribution in [3.05, 3.63) is 35.4 Å². The molecule has 3 amide bonds. The van der Waals surface area contributed by atoms with E-state index in [1.54, 1.807) is 0 Å². The van der Waals surface area contributed by atoms with E-state index in [9.17, 15) is 9.59 Å². The number of carbonyl (C=O) groups excluding carboxylic acids is 2. The fourth-order valence-electron chi connectivity index (χ4n) is 4.93. The highest BCUT2D eigenvalue weighted by molar-refractivity contribution is 5.78. The zero-order valence-corrected chi connectivity index (χ0v) is 14.7. The molecule has 4 rings (SSSR count). The standard InChI is InChI=1S/C20H27N3O2/c21-18(24)15-7-10-23(11-8-15)19(25)22-13-16-12-20(16)9-3-5-14-4-1-2-6-17(14)20/h1-2,4,6,15-16H,3,5,7-13H2,(H2,21,24)(H,22,25). The third-order valence-corrected chi connectivity index (χ3v) is 6.54. The summed E-state index contributed by atoms with van der Waals surface area (Å²) in [7, 11) is 0. The van der Waals surface area contributed by atoms with Gasteiger partial charge in [-0.05, 0) is 55.6 Å². The van der Waals surface area contributed by atoms with Crippen LogP contribution in [0.25, 0.3) is 0 Å². The molecular formula is C20H27N3O2. The maximum atomic E-state index is 12.4. The van der Waals surface area contributed by atoms with E-state index in [1.165, 1.54) is 36.8 Å². The predicted molar refractivity (Wildman–Crippen MR) is 96.1 cm³/mol. The second kappa shape index (κ2) is 6.36. The van der Waals surface area contributed by atoms with E-state index in [-0.39, 0.29) is 17.9 Å². The summed E-state index contributed by atoms with van der Waals surface area (Å²) in [6.07, 6.45) is 6.24. The van der Waals surface area contributed by atoms with Crippen LogP contribution >= 0.6 is 0 Å². The lowest BCUT2D eigenvalue weighted by Crippen LogP contribution is -2.47. The van der Waals surface area contributed by atoms with E-state index in [2.05, 4.69) is 29.6 Å². The number of amides is 3. The first-order valence-electron chi connectivity index (χ1n) is 9.50. The topological polar surface area (TPSA) is 75.4 Å². The van der Waals surface area contributed by atoms with Gasteiger partial charge in [0.05, 0.1) is 0 Å². The van der Waals surface area contributed by atoms with Gasteiger partial charge in [-0.25, -0.2) is 4.79 Å². The molecule has 25 heavy (non-hydrogen) atoms. The first kappa shape index (κ1) is 16.4. The third kappa shape index (κ3) is 3.00. The zero-order valence-electron chi connectivity index (χ0n) is 14.7. The Morgan fingerprint density at radius 2 is 2.00 bits per heavy atom. The van der Waals surface area contributed by atoms with Crippen LogP contribution in [0.3, 0.4) is 0 Å². The van der Waals surface area contributed by atoms with Crippen molar-refractivity contribution in [3.8, 4) is 0 Å². The summed E-state index contributed by atoms with van der Waals surface area (Å²) in [5.41, 5.74) is 8.67. The smallest absolute Gasteiger partial charge is 0.317 e. The summed E-state index contributed by atoms with van der Waals surface area (Å²) >= 11 is 0. The molecule has 5 nitrogen and oxygen atoms in total. The Kier molecular flexibility index (Phi) is 4.18. The van der Waals surface area contributed by atoms with E-state index < -0.39 is 0 Å². The van der Waals surface area contributed by atoms with Crippen LogP contribution in [0.2, 0.25) is 0 Å². The Morgan fingerprint density at radius 1 is 1.24 bits per heavy atom. The van der Waals surface area contributed by atoms with E-state index in [4.69, 9.17) is 5.73 Å². The highest BCUT2D eigenvalue weighted by atomic mass is 16.2. The number of nitrogens with two attached hydrogens (primary N) is 1. The van der Waals surface area contributed by atoms with Crippen molar-refractivity contribution in [2.45, 2.75) is 43.9 Å². The monoisotopic (exact) mass is 341 g/mol. The number of hydrogen-bond donors (Lipinski definition) is 2. The molecule has 1 saturated carbocycles. The summed E-state index contributed by atoms with van der Waals surface area (Å²) in [5, 5.41) is 3.13. The number of carbonyl (C=O) groups is 2. The van der Waals surface area contributed by atoms with E-state index in [1.807, 2.05) is 4.90 Å². The quantitative estimate of drug-likeness (QED) is 0.884. The van der Waals surface area contributed by atoms with Crippen molar-refractivity contribution in [1.29, 1.82) is 0 Å². The molecule has 1 heterocycles. The second-order valence-electron chi connectivity index (χ2n) is 7.92. The maximum absolute atomic E-state index is 12.4. The molecule has 2 aliphatic carbocycles. The molecule has 1 aromatic rings. The average molecular weight is 341 g/mol. The fraction of sp³-hybridized carbons (Fsp3) is 0.600. The maximum Gasteiger partial charge on any atom is 0.317 e. The van der Waals surface area contributed by atoms with Gasteiger partial charge in [0, 0.05) is 31.0 Å². The van der Waals surface area contributed by atoms with Gasteiger partial charge in [-0.3, -0.25) is 4.79 Å². The molecule has 3 aliphatic rings.